The summed E-state index contributed by atoms with van der Waals surface area (Å²) < 4.78 is 33.4. The Balaban J connectivity index is 1.56. The van der Waals surface area contributed by atoms with Crippen LogP contribution < -0.4 is 10.1 Å². The Morgan fingerprint density at radius 2 is 1.94 bits per heavy atom. The van der Waals surface area contributed by atoms with Crippen molar-refractivity contribution in [2.75, 3.05) is 25.5 Å². The molecule has 1 aromatic carbocycles. The van der Waals surface area contributed by atoms with Crippen molar-refractivity contribution >= 4 is 21.7 Å². The predicted octanol–water partition coefficient (Wildman–Crippen LogP) is 4.11. The zero-order chi connectivity index (χ0) is 21.8. The van der Waals surface area contributed by atoms with Gasteiger partial charge in [0, 0.05) is 30.9 Å². The number of pyridine rings is 2. The van der Waals surface area contributed by atoms with Crippen molar-refractivity contribution in [3.05, 3.63) is 72.1 Å². The van der Waals surface area contributed by atoms with Gasteiger partial charge in [0.05, 0.1) is 7.11 Å². The van der Waals surface area contributed by atoms with Gasteiger partial charge in [-0.15, -0.1) is 0 Å². The van der Waals surface area contributed by atoms with E-state index >= 15 is 0 Å². The van der Waals surface area contributed by atoms with Crippen LogP contribution in [0.4, 0.5) is 11.6 Å². The molecule has 162 valence electrons. The van der Waals surface area contributed by atoms with Crippen molar-refractivity contribution in [3.63, 3.8) is 0 Å². The lowest BCUT2D eigenvalue weighted by Crippen LogP contribution is -2.39. The Labute approximate surface area is 183 Å². The van der Waals surface area contributed by atoms with E-state index < -0.39 is 10.0 Å². The lowest BCUT2D eigenvalue weighted by molar-refractivity contribution is 0.311. The molecule has 0 spiro atoms. The number of ether oxygens (including phenoxy) is 1. The van der Waals surface area contributed by atoms with Crippen LogP contribution in [0.1, 0.15) is 30.0 Å². The van der Waals surface area contributed by atoms with E-state index in [1.165, 1.54) is 7.11 Å². The first-order valence-corrected chi connectivity index (χ1v) is 11.7. The van der Waals surface area contributed by atoms with Gasteiger partial charge in [0.2, 0.25) is 10.0 Å². The molecule has 1 fully saturated rings. The third-order valence-electron chi connectivity index (χ3n) is 5.52. The molecule has 0 aliphatic carbocycles. The number of rotatable bonds is 6. The maximum absolute atomic E-state index is 13.3. The highest BCUT2D eigenvalue weighted by atomic mass is 32.2. The van der Waals surface area contributed by atoms with Crippen LogP contribution in [0.5, 0.6) is 5.75 Å². The number of methoxy groups -OCH3 is 1. The Kier molecular flexibility index (Phi) is 6.20. The van der Waals surface area contributed by atoms with Crippen LogP contribution in [0.2, 0.25) is 0 Å². The van der Waals surface area contributed by atoms with Crippen LogP contribution in [-0.2, 0) is 10.0 Å². The molecule has 0 radical (unpaired) electrons. The highest BCUT2D eigenvalue weighted by Crippen LogP contribution is 2.33. The molecule has 1 unspecified atom stereocenters. The van der Waals surface area contributed by atoms with Crippen LogP contribution in [0.3, 0.4) is 0 Å². The average molecular weight is 439 g/mol. The number of nitrogens with zero attached hydrogens (tertiary/aromatic N) is 3. The van der Waals surface area contributed by atoms with Gasteiger partial charge in [0.25, 0.3) is 0 Å². The lowest BCUT2D eigenvalue weighted by Gasteiger charge is -2.32. The van der Waals surface area contributed by atoms with Crippen LogP contribution in [-0.4, -0.2) is 42.9 Å². The summed E-state index contributed by atoms with van der Waals surface area (Å²) in [7, 11) is -2.17. The minimum atomic E-state index is -3.66. The second-order valence-electron chi connectivity index (χ2n) is 7.59. The molecule has 0 bridgehead atoms. The lowest BCUT2D eigenvalue weighted by atomic mass is 9.95. The predicted molar refractivity (Wildman–Crippen MR) is 120 cm³/mol. The summed E-state index contributed by atoms with van der Waals surface area (Å²) in [6, 6.07) is 16.4. The molecule has 1 aliphatic heterocycles. The van der Waals surface area contributed by atoms with Gasteiger partial charge < -0.3 is 10.1 Å². The second kappa shape index (κ2) is 9.03. The van der Waals surface area contributed by atoms with E-state index in [-0.39, 0.29) is 10.8 Å². The van der Waals surface area contributed by atoms with Crippen molar-refractivity contribution in [3.8, 4) is 5.75 Å². The van der Waals surface area contributed by atoms with E-state index in [1.54, 1.807) is 34.8 Å². The first-order chi connectivity index (χ1) is 15.0. The zero-order valence-corrected chi connectivity index (χ0v) is 18.5. The number of hydrogen-bond acceptors (Lipinski definition) is 6. The molecule has 1 aliphatic rings. The number of anilines is 2. The Hall–Kier alpha value is -2.97. The molecule has 8 heteroatoms. The molecule has 0 saturated carbocycles. The van der Waals surface area contributed by atoms with Gasteiger partial charge in [-0.1, -0.05) is 24.3 Å². The average Bonchev–Trinajstić information content (AvgIpc) is 2.81. The van der Waals surface area contributed by atoms with E-state index in [1.807, 2.05) is 37.3 Å². The number of nitrogens with one attached hydrogen (secondary N) is 1. The topological polar surface area (TPSA) is 84.4 Å². The summed E-state index contributed by atoms with van der Waals surface area (Å²) >= 11 is 0. The molecular formula is C23H26N4O3S. The molecule has 1 atom stereocenters. The van der Waals surface area contributed by atoms with Gasteiger partial charge in [0.15, 0.2) is 0 Å². The number of benzene rings is 1. The minimum Gasteiger partial charge on any atom is -0.495 e. The van der Waals surface area contributed by atoms with Gasteiger partial charge >= 0.3 is 0 Å². The van der Waals surface area contributed by atoms with Crippen molar-refractivity contribution in [1.82, 2.24) is 14.3 Å². The summed E-state index contributed by atoms with van der Waals surface area (Å²) in [6.45, 7) is 2.86. The van der Waals surface area contributed by atoms with Crippen LogP contribution in [0.25, 0.3) is 0 Å². The highest BCUT2D eigenvalue weighted by Gasteiger charge is 2.33. The van der Waals surface area contributed by atoms with Gasteiger partial charge in [0.1, 0.15) is 22.3 Å². The van der Waals surface area contributed by atoms with Crippen LogP contribution in [0.15, 0.2) is 65.7 Å². The first-order valence-electron chi connectivity index (χ1n) is 10.3. The van der Waals surface area contributed by atoms with Crippen LogP contribution in [0, 0.1) is 6.92 Å². The van der Waals surface area contributed by atoms with Crippen molar-refractivity contribution < 1.29 is 13.2 Å². The maximum Gasteiger partial charge on any atom is 0.246 e. The fourth-order valence-corrected chi connectivity index (χ4v) is 5.54. The molecule has 1 saturated heterocycles. The van der Waals surface area contributed by atoms with E-state index in [9.17, 15) is 8.42 Å². The zero-order valence-electron chi connectivity index (χ0n) is 17.7. The summed E-state index contributed by atoms with van der Waals surface area (Å²) in [5, 5.41) is 3.26. The monoisotopic (exact) mass is 438 g/mol. The molecule has 4 rings (SSSR count). The fourth-order valence-electron chi connectivity index (χ4n) is 3.86. The normalized spacial score (nSPS) is 17.3. The van der Waals surface area contributed by atoms with E-state index in [0.717, 1.165) is 29.9 Å². The number of hydrogen-bond donors (Lipinski definition) is 1. The molecule has 0 amide bonds. The highest BCUT2D eigenvalue weighted by molar-refractivity contribution is 7.89. The smallest absolute Gasteiger partial charge is 0.246 e. The van der Waals surface area contributed by atoms with Gasteiger partial charge in [-0.05, 0) is 55.7 Å². The third kappa shape index (κ3) is 4.55. The SMILES string of the molecule is COc1ccccc1S(=O)(=O)N1CCCC(c2cccc(Nc3ncccc3C)n2)C1. The Morgan fingerprint density at radius 1 is 1.10 bits per heavy atom. The number of piperidine rings is 1. The van der Waals surface area contributed by atoms with Crippen molar-refractivity contribution in [2.24, 2.45) is 0 Å². The number of para-hydroxylation sites is 1. The molecule has 3 heterocycles. The second-order valence-corrected chi connectivity index (χ2v) is 9.50. The largest absolute Gasteiger partial charge is 0.495 e. The van der Waals surface area contributed by atoms with Crippen molar-refractivity contribution in [2.45, 2.75) is 30.6 Å². The molecular weight excluding hydrogens is 412 g/mol. The van der Waals surface area contributed by atoms with E-state index in [2.05, 4.69) is 10.3 Å². The molecule has 3 aromatic rings. The fraction of sp³-hybridized carbons (Fsp3) is 0.304. The van der Waals surface area contributed by atoms with E-state index in [4.69, 9.17) is 9.72 Å². The number of aryl methyl sites for hydroxylation is 1. The summed E-state index contributed by atoms with van der Waals surface area (Å²) in [4.78, 5) is 9.32. The van der Waals surface area contributed by atoms with Crippen molar-refractivity contribution in [1.29, 1.82) is 0 Å². The third-order valence-corrected chi connectivity index (χ3v) is 7.42. The van der Waals surface area contributed by atoms with Gasteiger partial charge in [-0.3, -0.25) is 0 Å². The molecule has 31 heavy (non-hydrogen) atoms. The minimum absolute atomic E-state index is 0.0183. The first kappa shape index (κ1) is 21.3. The molecule has 1 N–H and O–H groups in total. The summed E-state index contributed by atoms with van der Waals surface area (Å²) in [6.07, 6.45) is 3.40. The standard InChI is InChI=1S/C23H26N4O3S/c1-17-8-6-14-24-23(17)26-22-13-5-10-19(25-22)18-9-7-15-27(16-18)31(28,29)21-12-4-3-11-20(21)30-2/h3-6,8,10-14,18H,7,9,15-16H2,1-2H3,(H,24,25,26). The molecule has 7 nitrogen and oxygen atoms in total. The number of aromatic nitrogens is 2. The van der Waals surface area contributed by atoms with E-state index in [0.29, 0.717) is 24.7 Å². The number of sulfonamides is 1. The maximum atomic E-state index is 13.3. The summed E-state index contributed by atoms with van der Waals surface area (Å²) in [5.41, 5.74) is 1.90. The van der Waals surface area contributed by atoms with Crippen LogP contribution >= 0.6 is 0 Å². The quantitative estimate of drug-likeness (QED) is 0.624. The Bertz CT molecular complexity index is 1170. The Morgan fingerprint density at radius 3 is 2.74 bits per heavy atom. The molecule has 2 aromatic heterocycles. The van der Waals surface area contributed by atoms with Gasteiger partial charge in [-0.25, -0.2) is 18.4 Å². The summed E-state index contributed by atoms with van der Waals surface area (Å²) in [5.74, 6) is 1.84. The van der Waals surface area contributed by atoms with Gasteiger partial charge in [-0.2, -0.15) is 4.31 Å².